The number of carbonyl (C=O) groups is 1. The van der Waals surface area contributed by atoms with Crippen molar-refractivity contribution in [1.82, 2.24) is 4.72 Å². The Balaban J connectivity index is 5.05. The molecule has 5 nitrogen and oxygen atoms in total. The summed E-state index contributed by atoms with van der Waals surface area (Å²) in [5.41, 5.74) is -0.633. The molecular weight excluding hydrogens is 278 g/mol. The van der Waals surface area contributed by atoms with Crippen LogP contribution in [0.4, 0.5) is 0 Å². The average molecular weight is 307 g/mol. The standard InChI is InChI=1S/C14H29NO4S/c1-8-11(4)12(13(16)19-14(5,6)7)15-20(17,18)9-10(2)3/h10-12,15H,8-9H2,1-7H3/t11-,12-/m0/s1. The third kappa shape index (κ3) is 7.85. The molecule has 20 heavy (non-hydrogen) atoms. The van der Waals surface area contributed by atoms with Gasteiger partial charge < -0.3 is 4.74 Å². The van der Waals surface area contributed by atoms with Crippen LogP contribution in [-0.2, 0) is 19.6 Å². The minimum absolute atomic E-state index is 0.00271. The first-order valence-corrected chi connectivity index (χ1v) is 8.76. The Hall–Kier alpha value is -0.620. The molecule has 0 fully saturated rings. The quantitative estimate of drug-likeness (QED) is 0.733. The van der Waals surface area contributed by atoms with E-state index in [-0.39, 0.29) is 17.6 Å². The van der Waals surface area contributed by atoms with Gasteiger partial charge in [0.25, 0.3) is 0 Å². The topological polar surface area (TPSA) is 72.5 Å². The van der Waals surface area contributed by atoms with Gasteiger partial charge >= 0.3 is 5.97 Å². The van der Waals surface area contributed by atoms with Crippen molar-refractivity contribution in [1.29, 1.82) is 0 Å². The van der Waals surface area contributed by atoms with E-state index in [1.54, 1.807) is 20.8 Å². The van der Waals surface area contributed by atoms with Crippen molar-refractivity contribution in [3.8, 4) is 0 Å². The number of nitrogens with one attached hydrogen (secondary N) is 1. The number of hydrogen-bond acceptors (Lipinski definition) is 4. The second-order valence-electron chi connectivity index (χ2n) is 6.69. The zero-order valence-corrected chi connectivity index (χ0v) is 14.5. The molecule has 0 rings (SSSR count). The Labute approximate surface area is 123 Å². The Kier molecular flexibility index (Phi) is 7.18. The number of esters is 1. The van der Waals surface area contributed by atoms with Crippen molar-refractivity contribution in [3.63, 3.8) is 0 Å². The Morgan fingerprint density at radius 3 is 2.05 bits per heavy atom. The predicted molar refractivity (Wildman–Crippen MR) is 80.8 cm³/mol. The molecule has 0 spiro atoms. The van der Waals surface area contributed by atoms with Gasteiger partial charge in [-0.05, 0) is 32.6 Å². The number of ether oxygens (including phenoxy) is 1. The maximum atomic E-state index is 12.2. The molecule has 0 radical (unpaired) electrons. The second kappa shape index (κ2) is 7.41. The van der Waals surface area contributed by atoms with Crippen molar-refractivity contribution >= 4 is 16.0 Å². The highest BCUT2D eigenvalue weighted by atomic mass is 32.2. The first-order chi connectivity index (χ1) is 8.88. The summed E-state index contributed by atoms with van der Waals surface area (Å²) in [6.07, 6.45) is 0.689. The molecule has 0 aliphatic rings. The van der Waals surface area contributed by atoms with Gasteiger partial charge in [-0.1, -0.05) is 34.1 Å². The van der Waals surface area contributed by atoms with Crippen LogP contribution >= 0.6 is 0 Å². The Bertz CT molecular complexity index is 409. The van der Waals surface area contributed by atoms with Crippen LogP contribution < -0.4 is 4.72 Å². The molecule has 120 valence electrons. The smallest absolute Gasteiger partial charge is 0.324 e. The molecule has 0 saturated heterocycles. The lowest BCUT2D eigenvalue weighted by molar-refractivity contribution is -0.158. The van der Waals surface area contributed by atoms with Crippen molar-refractivity contribution in [2.45, 2.75) is 66.5 Å². The van der Waals surface area contributed by atoms with Crippen molar-refractivity contribution in [2.75, 3.05) is 5.75 Å². The number of carbonyl (C=O) groups excluding carboxylic acids is 1. The van der Waals surface area contributed by atoms with Crippen LogP contribution in [0.1, 0.15) is 54.9 Å². The lowest BCUT2D eigenvalue weighted by atomic mass is 10.00. The third-order valence-electron chi connectivity index (χ3n) is 2.73. The van der Waals surface area contributed by atoms with E-state index in [0.29, 0.717) is 6.42 Å². The van der Waals surface area contributed by atoms with E-state index in [9.17, 15) is 13.2 Å². The van der Waals surface area contributed by atoms with Gasteiger partial charge in [-0.3, -0.25) is 4.79 Å². The van der Waals surface area contributed by atoms with Crippen LogP contribution in [0.5, 0.6) is 0 Å². The van der Waals surface area contributed by atoms with Crippen LogP contribution in [0.25, 0.3) is 0 Å². The average Bonchev–Trinajstić information content (AvgIpc) is 2.20. The monoisotopic (exact) mass is 307 g/mol. The van der Waals surface area contributed by atoms with E-state index >= 15 is 0 Å². The van der Waals surface area contributed by atoms with Gasteiger partial charge in [0.2, 0.25) is 10.0 Å². The molecule has 0 aromatic heterocycles. The van der Waals surface area contributed by atoms with Crippen molar-refractivity contribution in [3.05, 3.63) is 0 Å². The van der Waals surface area contributed by atoms with E-state index in [1.807, 2.05) is 27.7 Å². The molecule has 0 unspecified atom stereocenters. The largest absolute Gasteiger partial charge is 0.459 e. The fraction of sp³-hybridized carbons (Fsp3) is 0.929. The van der Waals surface area contributed by atoms with Gasteiger partial charge in [-0.15, -0.1) is 0 Å². The Morgan fingerprint density at radius 1 is 1.20 bits per heavy atom. The highest BCUT2D eigenvalue weighted by Gasteiger charge is 2.32. The summed E-state index contributed by atoms with van der Waals surface area (Å²) in [6.45, 7) is 12.7. The number of sulfonamides is 1. The molecule has 6 heteroatoms. The van der Waals surface area contributed by atoms with Gasteiger partial charge in [-0.25, -0.2) is 13.1 Å². The van der Waals surface area contributed by atoms with Crippen LogP contribution in [0, 0.1) is 11.8 Å². The molecule has 0 aliphatic heterocycles. The zero-order chi connectivity index (χ0) is 16.1. The lowest BCUT2D eigenvalue weighted by Crippen LogP contribution is -2.48. The van der Waals surface area contributed by atoms with Crippen molar-refractivity contribution in [2.24, 2.45) is 11.8 Å². The Morgan fingerprint density at radius 2 is 1.70 bits per heavy atom. The van der Waals surface area contributed by atoms with E-state index in [4.69, 9.17) is 4.74 Å². The molecule has 0 aromatic rings. The normalized spacial score (nSPS) is 16.0. The molecule has 0 amide bonds. The highest BCUT2D eigenvalue weighted by Crippen LogP contribution is 2.16. The summed E-state index contributed by atoms with van der Waals surface area (Å²) in [6, 6.07) is -0.831. The van der Waals surface area contributed by atoms with Crippen LogP contribution in [0.15, 0.2) is 0 Å². The van der Waals surface area contributed by atoms with Crippen LogP contribution in [0.3, 0.4) is 0 Å². The van der Waals surface area contributed by atoms with Gasteiger partial charge in [0, 0.05) is 0 Å². The van der Waals surface area contributed by atoms with Gasteiger partial charge in [-0.2, -0.15) is 0 Å². The first kappa shape index (κ1) is 19.4. The van der Waals surface area contributed by atoms with E-state index in [0.717, 1.165) is 0 Å². The molecule has 1 N–H and O–H groups in total. The molecular formula is C14H29NO4S. The van der Waals surface area contributed by atoms with Gasteiger partial charge in [0.05, 0.1) is 5.75 Å². The SMILES string of the molecule is CC[C@H](C)[C@H](NS(=O)(=O)CC(C)C)C(=O)OC(C)(C)C. The van der Waals surface area contributed by atoms with E-state index in [1.165, 1.54) is 0 Å². The van der Waals surface area contributed by atoms with Gasteiger partial charge in [0.1, 0.15) is 11.6 Å². The summed E-state index contributed by atoms with van der Waals surface area (Å²) < 4.78 is 31.8. The summed E-state index contributed by atoms with van der Waals surface area (Å²) in [4.78, 5) is 12.2. The number of hydrogen-bond donors (Lipinski definition) is 1. The molecule has 2 atom stereocenters. The third-order valence-corrected chi connectivity index (χ3v) is 4.45. The second-order valence-corrected chi connectivity index (χ2v) is 8.49. The zero-order valence-electron chi connectivity index (χ0n) is 13.7. The number of rotatable bonds is 7. The summed E-state index contributed by atoms with van der Waals surface area (Å²) >= 11 is 0. The van der Waals surface area contributed by atoms with Crippen molar-refractivity contribution < 1.29 is 17.9 Å². The maximum absolute atomic E-state index is 12.2. The van der Waals surface area contributed by atoms with E-state index < -0.39 is 27.6 Å². The molecule has 0 aromatic carbocycles. The first-order valence-electron chi connectivity index (χ1n) is 7.10. The summed E-state index contributed by atoms with van der Waals surface area (Å²) in [7, 11) is -3.49. The summed E-state index contributed by atoms with van der Waals surface area (Å²) in [5, 5.41) is 0. The predicted octanol–water partition coefficient (Wildman–Crippen LogP) is 2.32. The van der Waals surface area contributed by atoms with Crippen LogP contribution in [0.2, 0.25) is 0 Å². The van der Waals surface area contributed by atoms with Crippen LogP contribution in [-0.4, -0.2) is 31.8 Å². The minimum Gasteiger partial charge on any atom is -0.459 e. The highest BCUT2D eigenvalue weighted by molar-refractivity contribution is 7.89. The van der Waals surface area contributed by atoms with E-state index in [2.05, 4.69) is 4.72 Å². The molecule has 0 aliphatic carbocycles. The summed E-state index contributed by atoms with van der Waals surface area (Å²) in [5.74, 6) is -0.627. The lowest BCUT2D eigenvalue weighted by Gasteiger charge is -2.27. The molecule has 0 heterocycles. The fourth-order valence-corrected chi connectivity index (χ4v) is 3.37. The molecule has 0 saturated carbocycles. The maximum Gasteiger partial charge on any atom is 0.324 e. The minimum atomic E-state index is -3.49. The molecule has 0 bridgehead atoms. The van der Waals surface area contributed by atoms with Gasteiger partial charge in [0.15, 0.2) is 0 Å². The fourth-order valence-electron chi connectivity index (χ4n) is 1.68.